The van der Waals surface area contributed by atoms with Crippen LogP contribution in [0, 0.1) is 18.3 Å². The summed E-state index contributed by atoms with van der Waals surface area (Å²) < 4.78 is 0. The second-order valence-electron chi connectivity index (χ2n) is 5.44. The molecule has 3 heteroatoms. The van der Waals surface area contributed by atoms with Crippen LogP contribution in [0.1, 0.15) is 36.8 Å². The SMILES string of the molecule is Cc1cc(N(C)CC2CCCC2)ccc1C(=N)N. The first-order chi connectivity index (χ1) is 8.58. The smallest absolute Gasteiger partial charge is 0.123 e. The van der Waals surface area contributed by atoms with Gasteiger partial charge in [0.05, 0.1) is 0 Å². The topological polar surface area (TPSA) is 53.1 Å². The van der Waals surface area contributed by atoms with Crippen LogP contribution in [0.15, 0.2) is 18.2 Å². The Kier molecular flexibility index (Phi) is 3.90. The first kappa shape index (κ1) is 12.9. The molecule has 0 atom stereocenters. The maximum absolute atomic E-state index is 7.50. The minimum absolute atomic E-state index is 0.150. The van der Waals surface area contributed by atoms with Crippen LogP contribution in [0.5, 0.6) is 0 Å². The fourth-order valence-electron chi connectivity index (χ4n) is 2.87. The van der Waals surface area contributed by atoms with Gasteiger partial charge in [-0.1, -0.05) is 12.8 Å². The summed E-state index contributed by atoms with van der Waals surface area (Å²) in [6, 6.07) is 6.16. The maximum Gasteiger partial charge on any atom is 0.123 e. The predicted molar refractivity (Wildman–Crippen MR) is 77.4 cm³/mol. The molecule has 3 N–H and O–H groups in total. The van der Waals surface area contributed by atoms with Crippen molar-refractivity contribution in [3.8, 4) is 0 Å². The number of amidine groups is 1. The van der Waals surface area contributed by atoms with Crippen LogP contribution < -0.4 is 10.6 Å². The lowest BCUT2D eigenvalue weighted by molar-refractivity contribution is 0.547. The Morgan fingerprint density at radius 2 is 2.06 bits per heavy atom. The number of anilines is 1. The molecule has 3 nitrogen and oxygen atoms in total. The molecule has 0 unspecified atom stereocenters. The lowest BCUT2D eigenvalue weighted by atomic mass is 10.0. The van der Waals surface area contributed by atoms with Crippen molar-refractivity contribution in [2.24, 2.45) is 11.7 Å². The van der Waals surface area contributed by atoms with Crippen LogP contribution in [0.3, 0.4) is 0 Å². The molecule has 0 aliphatic heterocycles. The third-order valence-corrected chi connectivity index (χ3v) is 3.95. The number of nitrogens with one attached hydrogen (secondary N) is 1. The van der Waals surface area contributed by atoms with E-state index in [-0.39, 0.29) is 5.84 Å². The molecule has 1 aliphatic rings. The summed E-state index contributed by atoms with van der Waals surface area (Å²) in [6.07, 6.45) is 5.52. The summed E-state index contributed by atoms with van der Waals surface area (Å²) in [5, 5.41) is 7.50. The Balaban J connectivity index is 2.08. The van der Waals surface area contributed by atoms with Crippen LogP contribution in [0.4, 0.5) is 5.69 Å². The van der Waals surface area contributed by atoms with E-state index in [1.54, 1.807) is 0 Å². The number of aryl methyl sites for hydroxylation is 1. The quantitative estimate of drug-likeness (QED) is 0.633. The minimum Gasteiger partial charge on any atom is -0.384 e. The molecule has 1 aromatic rings. The van der Waals surface area contributed by atoms with Gasteiger partial charge in [-0.2, -0.15) is 0 Å². The largest absolute Gasteiger partial charge is 0.384 e. The molecular weight excluding hydrogens is 222 g/mol. The van der Waals surface area contributed by atoms with Crippen LogP contribution in [-0.4, -0.2) is 19.4 Å². The number of hydrogen-bond donors (Lipinski definition) is 2. The fraction of sp³-hybridized carbons (Fsp3) is 0.533. The lowest BCUT2D eigenvalue weighted by Crippen LogP contribution is -2.24. The van der Waals surface area contributed by atoms with Crippen molar-refractivity contribution in [2.45, 2.75) is 32.6 Å². The normalized spacial score (nSPS) is 15.9. The molecule has 0 saturated heterocycles. The van der Waals surface area contributed by atoms with Crippen molar-refractivity contribution in [1.82, 2.24) is 0 Å². The van der Waals surface area contributed by atoms with Crippen LogP contribution in [-0.2, 0) is 0 Å². The molecule has 2 rings (SSSR count). The first-order valence-electron chi connectivity index (χ1n) is 6.74. The molecule has 1 fully saturated rings. The van der Waals surface area contributed by atoms with Crippen LogP contribution in [0.2, 0.25) is 0 Å². The summed E-state index contributed by atoms with van der Waals surface area (Å²) in [7, 11) is 2.15. The molecule has 0 aromatic heterocycles. The van der Waals surface area contributed by atoms with Gasteiger partial charge in [-0.25, -0.2) is 0 Å². The van der Waals surface area contributed by atoms with Gasteiger partial charge in [-0.05, 0) is 49.4 Å². The highest BCUT2D eigenvalue weighted by atomic mass is 15.1. The van der Waals surface area contributed by atoms with E-state index in [0.29, 0.717) is 0 Å². The number of nitrogens with two attached hydrogens (primary N) is 1. The van der Waals surface area contributed by atoms with E-state index in [4.69, 9.17) is 11.1 Å². The molecule has 0 heterocycles. The molecule has 0 radical (unpaired) electrons. The van der Waals surface area contributed by atoms with Crippen molar-refractivity contribution >= 4 is 11.5 Å². The van der Waals surface area contributed by atoms with E-state index in [1.807, 2.05) is 13.0 Å². The van der Waals surface area contributed by atoms with Crippen molar-refractivity contribution in [1.29, 1.82) is 5.41 Å². The molecule has 1 saturated carbocycles. The average molecular weight is 245 g/mol. The molecule has 1 aliphatic carbocycles. The molecule has 1 aromatic carbocycles. The van der Waals surface area contributed by atoms with E-state index in [2.05, 4.69) is 24.1 Å². The number of rotatable bonds is 4. The molecule has 0 amide bonds. The van der Waals surface area contributed by atoms with E-state index in [0.717, 1.165) is 23.6 Å². The third-order valence-electron chi connectivity index (χ3n) is 3.95. The van der Waals surface area contributed by atoms with Crippen molar-refractivity contribution in [3.05, 3.63) is 29.3 Å². The summed E-state index contributed by atoms with van der Waals surface area (Å²) in [6.45, 7) is 3.16. The van der Waals surface area contributed by atoms with E-state index in [1.165, 1.54) is 31.4 Å². The van der Waals surface area contributed by atoms with Crippen molar-refractivity contribution < 1.29 is 0 Å². The average Bonchev–Trinajstić information content (AvgIpc) is 2.81. The number of benzene rings is 1. The summed E-state index contributed by atoms with van der Waals surface area (Å²) >= 11 is 0. The van der Waals surface area contributed by atoms with Crippen molar-refractivity contribution in [3.63, 3.8) is 0 Å². The molecule has 0 spiro atoms. The highest BCUT2D eigenvalue weighted by molar-refractivity contribution is 5.96. The summed E-state index contributed by atoms with van der Waals surface area (Å²) in [5.41, 5.74) is 8.69. The van der Waals surface area contributed by atoms with Crippen molar-refractivity contribution in [2.75, 3.05) is 18.5 Å². The Morgan fingerprint density at radius 1 is 1.39 bits per heavy atom. The van der Waals surface area contributed by atoms with Gasteiger partial charge in [0.25, 0.3) is 0 Å². The third kappa shape index (κ3) is 2.84. The number of hydrogen-bond acceptors (Lipinski definition) is 2. The summed E-state index contributed by atoms with van der Waals surface area (Å²) in [5.74, 6) is 1.00. The zero-order valence-corrected chi connectivity index (χ0v) is 11.4. The Bertz CT molecular complexity index is 433. The van der Waals surface area contributed by atoms with Gasteiger partial charge in [-0.3, -0.25) is 5.41 Å². The zero-order chi connectivity index (χ0) is 13.1. The van der Waals surface area contributed by atoms with E-state index < -0.39 is 0 Å². The van der Waals surface area contributed by atoms with Crippen LogP contribution in [0.25, 0.3) is 0 Å². The molecule has 98 valence electrons. The second-order valence-corrected chi connectivity index (χ2v) is 5.44. The van der Waals surface area contributed by atoms with Gasteiger partial charge in [-0.15, -0.1) is 0 Å². The Labute approximate surface area is 109 Å². The molecular formula is C15H23N3. The standard InChI is InChI=1S/C15H23N3/c1-11-9-13(7-8-14(11)15(16)17)18(2)10-12-5-3-4-6-12/h7-9,12H,3-6,10H2,1-2H3,(H3,16,17). The highest BCUT2D eigenvalue weighted by Gasteiger charge is 2.17. The number of nitrogens with zero attached hydrogens (tertiary/aromatic N) is 1. The first-order valence-corrected chi connectivity index (χ1v) is 6.74. The molecule has 18 heavy (non-hydrogen) atoms. The summed E-state index contributed by atoms with van der Waals surface area (Å²) in [4.78, 5) is 2.33. The zero-order valence-electron chi connectivity index (χ0n) is 11.4. The maximum atomic E-state index is 7.50. The van der Waals surface area contributed by atoms with Crippen LogP contribution >= 0.6 is 0 Å². The Morgan fingerprint density at radius 3 is 2.61 bits per heavy atom. The second kappa shape index (κ2) is 5.42. The van der Waals surface area contributed by atoms with Gasteiger partial charge < -0.3 is 10.6 Å². The van der Waals surface area contributed by atoms with E-state index in [9.17, 15) is 0 Å². The predicted octanol–water partition coefficient (Wildman–Crippen LogP) is 2.91. The van der Waals surface area contributed by atoms with Gasteiger partial charge in [0.2, 0.25) is 0 Å². The van der Waals surface area contributed by atoms with Gasteiger partial charge in [0.1, 0.15) is 5.84 Å². The number of nitrogen functional groups attached to an aromatic ring is 1. The molecule has 0 bridgehead atoms. The van der Waals surface area contributed by atoms with Gasteiger partial charge in [0.15, 0.2) is 0 Å². The van der Waals surface area contributed by atoms with Gasteiger partial charge >= 0.3 is 0 Å². The highest BCUT2D eigenvalue weighted by Crippen LogP contribution is 2.27. The lowest BCUT2D eigenvalue weighted by Gasteiger charge is -2.24. The monoisotopic (exact) mass is 245 g/mol. The fourth-order valence-corrected chi connectivity index (χ4v) is 2.87. The van der Waals surface area contributed by atoms with E-state index >= 15 is 0 Å². The Hall–Kier alpha value is -1.51. The van der Waals surface area contributed by atoms with Gasteiger partial charge in [0, 0.05) is 24.8 Å². The minimum atomic E-state index is 0.150.